The van der Waals surface area contributed by atoms with E-state index >= 15 is 0 Å². The van der Waals surface area contributed by atoms with Crippen LogP contribution in [0.5, 0.6) is 0 Å². The predicted octanol–water partition coefficient (Wildman–Crippen LogP) is 2.27. The number of piperidine rings is 1. The number of hydrogen-bond donors (Lipinski definition) is 1. The highest BCUT2D eigenvalue weighted by Gasteiger charge is 2.21. The highest BCUT2D eigenvalue weighted by molar-refractivity contribution is 7.99. The second-order valence-electron chi connectivity index (χ2n) is 4.77. The van der Waals surface area contributed by atoms with Crippen LogP contribution in [0, 0.1) is 5.82 Å². The molecule has 1 saturated heterocycles. The van der Waals surface area contributed by atoms with Gasteiger partial charge in [-0.15, -0.1) is 0 Å². The number of anilines is 1. The van der Waals surface area contributed by atoms with Crippen LogP contribution < -0.4 is 10.2 Å². The van der Waals surface area contributed by atoms with E-state index in [1.165, 1.54) is 17.8 Å². The number of nitrogens with zero attached hydrogens (tertiary/aromatic N) is 1. The number of benzene rings is 1. The average molecular weight is 282 g/mol. The van der Waals surface area contributed by atoms with Crippen molar-refractivity contribution < 1.29 is 9.18 Å². The van der Waals surface area contributed by atoms with Crippen LogP contribution in [-0.2, 0) is 4.79 Å². The molecule has 1 heterocycles. The zero-order chi connectivity index (χ0) is 13.7. The first-order valence-electron chi connectivity index (χ1n) is 6.48. The Morgan fingerprint density at radius 3 is 3.16 bits per heavy atom. The van der Waals surface area contributed by atoms with Gasteiger partial charge < -0.3 is 10.2 Å². The molecule has 1 aliphatic rings. The van der Waals surface area contributed by atoms with Crippen LogP contribution in [0.1, 0.15) is 12.8 Å². The predicted molar refractivity (Wildman–Crippen MR) is 78.2 cm³/mol. The maximum atomic E-state index is 13.2. The summed E-state index contributed by atoms with van der Waals surface area (Å²) in [4.78, 5) is 13.7. The van der Waals surface area contributed by atoms with E-state index in [4.69, 9.17) is 0 Å². The van der Waals surface area contributed by atoms with Gasteiger partial charge in [-0.1, -0.05) is 6.07 Å². The van der Waals surface area contributed by atoms with E-state index in [0.717, 1.165) is 31.6 Å². The molecular formula is C14H19FN2OS. The van der Waals surface area contributed by atoms with Gasteiger partial charge in [-0.25, -0.2) is 4.39 Å². The molecule has 0 saturated carbocycles. The number of rotatable bonds is 4. The summed E-state index contributed by atoms with van der Waals surface area (Å²) in [6.07, 6.45) is 3.92. The van der Waals surface area contributed by atoms with Crippen LogP contribution in [0.4, 0.5) is 10.1 Å². The molecule has 1 unspecified atom stereocenters. The molecule has 1 N–H and O–H groups in total. The van der Waals surface area contributed by atoms with Gasteiger partial charge in [0.05, 0.1) is 5.75 Å². The second-order valence-corrected chi connectivity index (χ2v) is 5.63. The van der Waals surface area contributed by atoms with Gasteiger partial charge in [-0.2, -0.15) is 11.8 Å². The quantitative estimate of drug-likeness (QED) is 0.919. The Kier molecular flexibility index (Phi) is 5.07. The molecule has 3 nitrogen and oxygen atoms in total. The van der Waals surface area contributed by atoms with Gasteiger partial charge in [-0.3, -0.25) is 4.79 Å². The lowest BCUT2D eigenvalue weighted by atomic mass is 10.0. The molecule has 1 atom stereocenters. The molecule has 0 radical (unpaired) electrons. The minimum atomic E-state index is -0.217. The Labute approximate surface area is 117 Å². The van der Waals surface area contributed by atoms with Crippen molar-refractivity contribution in [1.82, 2.24) is 5.32 Å². The molecule has 5 heteroatoms. The summed E-state index contributed by atoms with van der Waals surface area (Å²) >= 11 is 1.52. The zero-order valence-corrected chi connectivity index (χ0v) is 11.9. The summed E-state index contributed by atoms with van der Waals surface area (Å²) in [7, 11) is 0. The van der Waals surface area contributed by atoms with Gasteiger partial charge in [0.2, 0.25) is 5.91 Å². The third-order valence-electron chi connectivity index (χ3n) is 3.24. The number of hydrogen-bond acceptors (Lipinski definition) is 3. The number of thioether (sulfide) groups is 1. The molecule has 1 fully saturated rings. The van der Waals surface area contributed by atoms with Crippen LogP contribution in [0.25, 0.3) is 0 Å². The molecule has 1 amide bonds. The summed E-state index contributed by atoms with van der Waals surface area (Å²) in [6, 6.07) is 6.80. The molecule has 0 aliphatic carbocycles. The van der Waals surface area contributed by atoms with E-state index in [0.29, 0.717) is 5.75 Å². The number of halogens is 1. The lowest BCUT2D eigenvalue weighted by Gasteiger charge is -2.34. The lowest BCUT2D eigenvalue weighted by Crippen LogP contribution is -2.48. The minimum Gasteiger partial charge on any atom is -0.369 e. The fourth-order valence-electron chi connectivity index (χ4n) is 2.40. The van der Waals surface area contributed by atoms with Gasteiger partial charge in [-0.05, 0) is 37.3 Å². The van der Waals surface area contributed by atoms with Crippen molar-refractivity contribution in [3.05, 3.63) is 30.1 Å². The molecule has 0 spiro atoms. The van der Waals surface area contributed by atoms with Gasteiger partial charge in [0.1, 0.15) is 5.82 Å². The Bertz CT molecular complexity index is 441. The van der Waals surface area contributed by atoms with Gasteiger partial charge in [0.15, 0.2) is 0 Å². The number of carbonyl (C=O) groups is 1. The van der Waals surface area contributed by atoms with Crippen molar-refractivity contribution in [2.75, 3.05) is 30.0 Å². The van der Waals surface area contributed by atoms with Crippen molar-refractivity contribution in [2.24, 2.45) is 0 Å². The maximum Gasteiger partial charge on any atom is 0.230 e. The van der Waals surface area contributed by atoms with E-state index < -0.39 is 0 Å². The normalized spacial score (nSPS) is 19.3. The molecule has 1 aromatic carbocycles. The molecule has 1 aliphatic heterocycles. The van der Waals surface area contributed by atoms with Crippen LogP contribution in [-0.4, -0.2) is 37.0 Å². The fraction of sp³-hybridized carbons (Fsp3) is 0.500. The Balaban J connectivity index is 1.95. The van der Waals surface area contributed by atoms with E-state index in [-0.39, 0.29) is 17.8 Å². The number of amides is 1. The van der Waals surface area contributed by atoms with Gasteiger partial charge >= 0.3 is 0 Å². The SMILES string of the molecule is CSCC(=O)NC1CCCN(c2cccc(F)c2)C1. The van der Waals surface area contributed by atoms with E-state index in [9.17, 15) is 9.18 Å². The molecule has 1 aromatic rings. The van der Waals surface area contributed by atoms with E-state index in [1.807, 2.05) is 12.3 Å². The third kappa shape index (κ3) is 4.13. The Hall–Kier alpha value is -1.23. The minimum absolute atomic E-state index is 0.0820. The van der Waals surface area contributed by atoms with Crippen LogP contribution in [0.2, 0.25) is 0 Å². The summed E-state index contributed by atoms with van der Waals surface area (Å²) in [5.74, 6) is 0.362. The summed E-state index contributed by atoms with van der Waals surface area (Å²) < 4.78 is 13.2. The van der Waals surface area contributed by atoms with Gasteiger partial charge in [0, 0.05) is 24.8 Å². The highest BCUT2D eigenvalue weighted by atomic mass is 32.2. The molecule has 2 rings (SSSR count). The van der Waals surface area contributed by atoms with Crippen molar-refractivity contribution in [2.45, 2.75) is 18.9 Å². The second kappa shape index (κ2) is 6.80. The van der Waals surface area contributed by atoms with Crippen molar-refractivity contribution in [3.63, 3.8) is 0 Å². The molecule has 19 heavy (non-hydrogen) atoms. The summed E-state index contributed by atoms with van der Waals surface area (Å²) in [5, 5.41) is 3.04. The molecular weight excluding hydrogens is 263 g/mol. The van der Waals surface area contributed by atoms with E-state index in [2.05, 4.69) is 10.2 Å². The highest BCUT2D eigenvalue weighted by Crippen LogP contribution is 2.20. The number of carbonyl (C=O) groups excluding carboxylic acids is 1. The van der Waals surface area contributed by atoms with Crippen LogP contribution >= 0.6 is 11.8 Å². The van der Waals surface area contributed by atoms with E-state index in [1.54, 1.807) is 12.1 Å². The average Bonchev–Trinajstić information content (AvgIpc) is 2.39. The monoisotopic (exact) mass is 282 g/mol. The lowest BCUT2D eigenvalue weighted by molar-refractivity contribution is -0.119. The molecule has 0 bridgehead atoms. The zero-order valence-electron chi connectivity index (χ0n) is 11.1. The summed E-state index contributed by atoms with van der Waals surface area (Å²) in [5.41, 5.74) is 0.892. The Morgan fingerprint density at radius 1 is 1.58 bits per heavy atom. The topological polar surface area (TPSA) is 32.3 Å². The third-order valence-corrected chi connectivity index (χ3v) is 3.79. The number of nitrogens with one attached hydrogen (secondary N) is 1. The first-order chi connectivity index (χ1) is 9.19. The molecule has 0 aromatic heterocycles. The first kappa shape index (κ1) is 14.2. The van der Waals surface area contributed by atoms with Crippen LogP contribution in [0.15, 0.2) is 24.3 Å². The van der Waals surface area contributed by atoms with Gasteiger partial charge in [0.25, 0.3) is 0 Å². The van der Waals surface area contributed by atoms with Crippen molar-refractivity contribution >= 4 is 23.4 Å². The molecule has 104 valence electrons. The summed E-state index contributed by atoms with van der Waals surface area (Å²) in [6.45, 7) is 1.67. The van der Waals surface area contributed by atoms with Crippen LogP contribution in [0.3, 0.4) is 0 Å². The van der Waals surface area contributed by atoms with Crippen molar-refractivity contribution in [3.8, 4) is 0 Å². The van der Waals surface area contributed by atoms with Crippen molar-refractivity contribution in [1.29, 1.82) is 0 Å². The fourth-order valence-corrected chi connectivity index (χ4v) is 2.75. The Morgan fingerprint density at radius 2 is 2.42 bits per heavy atom. The largest absolute Gasteiger partial charge is 0.369 e. The standard InChI is InChI=1S/C14H19FN2OS/c1-19-10-14(18)16-12-5-3-7-17(9-12)13-6-2-4-11(15)8-13/h2,4,6,8,12H,3,5,7,9-10H2,1H3,(H,16,18). The maximum absolute atomic E-state index is 13.2. The smallest absolute Gasteiger partial charge is 0.230 e. The first-order valence-corrected chi connectivity index (χ1v) is 7.87.